The molecule has 9 nitrogen and oxygen atoms in total. The highest BCUT2D eigenvalue weighted by Crippen LogP contribution is 2.37. The van der Waals surface area contributed by atoms with Crippen molar-refractivity contribution in [1.82, 2.24) is 9.97 Å². The molecule has 4 rings (SSSR count). The smallest absolute Gasteiger partial charge is 0.232 e. The van der Waals surface area contributed by atoms with E-state index in [1.165, 1.54) is 0 Å². The molecule has 11 heteroatoms. The second-order valence-corrected chi connectivity index (χ2v) is 7.45. The number of nitrogen functional groups attached to an aromatic ring is 1. The molecule has 2 aliphatic rings. The van der Waals surface area contributed by atoms with Crippen molar-refractivity contribution in [2.45, 2.75) is 12.3 Å². The number of carbonyl (C=O) groups excluding carboxylic acids is 2. The molecule has 1 aromatic heterocycles. The van der Waals surface area contributed by atoms with E-state index in [1.807, 2.05) is 4.90 Å². The maximum atomic E-state index is 12.9. The Balaban J connectivity index is 1.65. The zero-order chi connectivity index (χ0) is 20.5. The van der Waals surface area contributed by atoms with Crippen molar-refractivity contribution in [3.05, 3.63) is 33.8 Å². The molecule has 0 aliphatic carbocycles. The molecule has 1 fully saturated rings. The molecule has 3 heterocycles. The van der Waals surface area contributed by atoms with E-state index >= 15 is 0 Å². The zero-order valence-electron chi connectivity index (χ0n) is 15.2. The Morgan fingerprint density at radius 2 is 2.03 bits per heavy atom. The van der Waals surface area contributed by atoms with E-state index in [0.29, 0.717) is 48.5 Å². The monoisotopic (exact) mass is 436 g/mol. The summed E-state index contributed by atoms with van der Waals surface area (Å²) in [6.45, 7) is 2.34. The second kappa shape index (κ2) is 8.02. The van der Waals surface area contributed by atoms with Gasteiger partial charge in [0.2, 0.25) is 17.8 Å². The van der Waals surface area contributed by atoms with Crippen molar-refractivity contribution in [3.63, 3.8) is 0 Å². The van der Waals surface area contributed by atoms with Gasteiger partial charge in [0.15, 0.2) is 0 Å². The minimum absolute atomic E-state index is 0.0819. The highest BCUT2D eigenvalue weighted by molar-refractivity contribution is 6.44. The molecule has 2 aromatic rings. The lowest BCUT2D eigenvalue weighted by Gasteiger charge is -2.30. The summed E-state index contributed by atoms with van der Waals surface area (Å²) in [5.74, 6) is -0.849. The fraction of sp³-hybridized carbons (Fsp3) is 0.333. The van der Waals surface area contributed by atoms with E-state index < -0.39 is 11.8 Å². The van der Waals surface area contributed by atoms with Crippen molar-refractivity contribution >= 4 is 58.3 Å². The molecular weight excluding hydrogens is 419 g/mol. The van der Waals surface area contributed by atoms with Crippen molar-refractivity contribution in [2.24, 2.45) is 0 Å². The number of nitrogens with one attached hydrogen (secondary N) is 2. The SMILES string of the molecule is Nc1nc(N2CCOCC2)nc2c1[C@H](C(=O)Nc1cccc(Cl)c1Cl)CC(=O)N2. The highest BCUT2D eigenvalue weighted by Gasteiger charge is 2.35. The maximum absolute atomic E-state index is 12.9. The molecule has 0 spiro atoms. The minimum Gasteiger partial charge on any atom is -0.383 e. The van der Waals surface area contributed by atoms with Crippen LogP contribution in [0.3, 0.4) is 0 Å². The van der Waals surface area contributed by atoms with Crippen molar-refractivity contribution in [3.8, 4) is 0 Å². The minimum atomic E-state index is -0.854. The van der Waals surface area contributed by atoms with Gasteiger partial charge in [-0.1, -0.05) is 29.3 Å². The van der Waals surface area contributed by atoms with Crippen molar-refractivity contribution in [2.75, 3.05) is 47.6 Å². The molecule has 0 bridgehead atoms. The van der Waals surface area contributed by atoms with E-state index in [9.17, 15) is 9.59 Å². The Bertz CT molecular complexity index is 980. The van der Waals surface area contributed by atoms with E-state index in [1.54, 1.807) is 18.2 Å². The van der Waals surface area contributed by atoms with Gasteiger partial charge in [0.1, 0.15) is 11.6 Å². The average molecular weight is 437 g/mol. The van der Waals surface area contributed by atoms with Gasteiger partial charge in [0, 0.05) is 19.5 Å². The molecular formula is C18H18Cl2N6O3. The summed E-state index contributed by atoms with van der Waals surface area (Å²) in [7, 11) is 0. The van der Waals surface area contributed by atoms with Gasteiger partial charge in [-0.3, -0.25) is 9.59 Å². The van der Waals surface area contributed by atoms with Crippen molar-refractivity contribution < 1.29 is 14.3 Å². The summed E-state index contributed by atoms with van der Waals surface area (Å²) in [4.78, 5) is 35.9. The first-order valence-electron chi connectivity index (χ1n) is 8.99. The number of rotatable bonds is 3. The number of nitrogens with zero attached hydrogens (tertiary/aromatic N) is 3. The number of morpholine rings is 1. The lowest BCUT2D eigenvalue weighted by atomic mass is 9.92. The summed E-state index contributed by atoms with van der Waals surface area (Å²) >= 11 is 12.2. The summed E-state index contributed by atoms with van der Waals surface area (Å²) in [6.07, 6.45) is -0.0819. The van der Waals surface area contributed by atoms with Crippen LogP contribution in [0.25, 0.3) is 0 Å². The first kappa shape index (κ1) is 19.7. The van der Waals surface area contributed by atoms with Gasteiger partial charge < -0.3 is 26.0 Å². The van der Waals surface area contributed by atoms with Gasteiger partial charge >= 0.3 is 0 Å². The highest BCUT2D eigenvalue weighted by atomic mass is 35.5. The van der Waals surface area contributed by atoms with Crippen LogP contribution < -0.4 is 21.3 Å². The predicted molar refractivity (Wildman–Crippen MR) is 111 cm³/mol. The van der Waals surface area contributed by atoms with Crippen LogP contribution in [-0.4, -0.2) is 48.1 Å². The Hall–Kier alpha value is -2.62. The van der Waals surface area contributed by atoms with Gasteiger partial charge in [-0.2, -0.15) is 9.97 Å². The summed E-state index contributed by atoms with van der Waals surface area (Å²) in [6, 6.07) is 4.90. The third-order valence-electron chi connectivity index (χ3n) is 4.78. The fourth-order valence-corrected chi connectivity index (χ4v) is 3.68. The Kier molecular flexibility index (Phi) is 5.44. The first-order chi connectivity index (χ1) is 13.9. The lowest BCUT2D eigenvalue weighted by Crippen LogP contribution is -2.38. The standard InChI is InChI=1S/C18H18Cl2N6O3/c19-10-2-1-3-11(14(10)20)22-17(28)9-8-12(27)23-16-13(9)15(21)24-18(25-16)26-4-6-29-7-5-26/h1-3,9H,4-8H2,(H,22,28)(H3,21,23,24,25,27)/t9-/m1/s1. The van der Waals surface area contributed by atoms with E-state index in [4.69, 9.17) is 33.7 Å². The molecule has 2 amide bonds. The van der Waals surface area contributed by atoms with Gasteiger partial charge in [0.25, 0.3) is 0 Å². The van der Waals surface area contributed by atoms with Gasteiger partial charge in [-0.15, -0.1) is 0 Å². The van der Waals surface area contributed by atoms with Crippen LogP contribution in [0, 0.1) is 0 Å². The zero-order valence-corrected chi connectivity index (χ0v) is 16.8. The fourth-order valence-electron chi connectivity index (χ4n) is 3.33. The van der Waals surface area contributed by atoms with E-state index in [-0.39, 0.29) is 29.0 Å². The number of fused-ring (bicyclic) bond motifs is 1. The Morgan fingerprint density at radius 1 is 1.28 bits per heavy atom. The normalized spacial score (nSPS) is 18.8. The molecule has 152 valence electrons. The first-order valence-corrected chi connectivity index (χ1v) is 9.74. The van der Waals surface area contributed by atoms with Gasteiger partial charge in [0.05, 0.1) is 40.4 Å². The largest absolute Gasteiger partial charge is 0.383 e. The molecule has 0 unspecified atom stereocenters. The maximum Gasteiger partial charge on any atom is 0.232 e. The molecule has 0 radical (unpaired) electrons. The predicted octanol–water partition coefficient (Wildman–Crippen LogP) is 2.27. The summed E-state index contributed by atoms with van der Waals surface area (Å²) in [5.41, 5.74) is 6.92. The van der Waals surface area contributed by atoms with E-state index in [0.717, 1.165) is 0 Å². The third-order valence-corrected chi connectivity index (χ3v) is 5.60. The molecule has 4 N–H and O–H groups in total. The number of amides is 2. The molecule has 29 heavy (non-hydrogen) atoms. The van der Waals surface area contributed by atoms with Crippen LogP contribution in [0.1, 0.15) is 17.9 Å². The average Bonchev–Trinajstić information content (AvgIpc) is 2.71. The van der Waals surface area contributed by atoms with Crippen LogP contribution in [0.4, 0.5) is 23.3 Å². The lowest BCUT2D eigenvalue weighted by molar-refractivity contribution is -0.123. The van der Waals surface area contributed by atoms with E-state index in [2.05, 4.69) is 20.6 Å². The summed E-state index contributed by atoms with van der Waals surface area (Å²) in [5, 5.41) is 5.94. The molecule has 0 saturated carbocycles. The summed E-state index contributed by atoms with van der Waals surface area (Å²) < 4.78 is 5.33. The van der Waals surface area contributed by atoms with Crippen LogP contribution in [0.5, 0.6) is 0 Å². The quantitative estimate of drug-likeness (QED) is 0.673. The van der Waals surface area contributed by atoms with Crippen LogP contribution in [0.2, 0.25) is 10.0 Å². The number of nitrogens with two attached hydrogens (primary N) is 1. The topological polar surface area (TPSA) is 122 Å². The number of halogens is 2. The van der Waals surface area contributed by atoms with Crippen molar-refractivity contribution in [1.29, 1.82) is 0 Å². The van der Waals surface area contributed by atoms with Crippen LogP contribution >= 0.6 is 23.2 Å². The second-order valence-electron chi connectivity index (χ2n) is 6.67. The Morgan fingerprint density at radius 3 is 2.79 bits per heavy atom. The molecule has 1 aromatic carbocycles. The number of hydrogen-bond donors (Lipinski definition) is 3. The number of anilines is 4. The number of aromatic nitrogens is 2. The number of hydrogen-bond acceptors (Lipinski definition) is 7. The van der Waals surface area contributed by atoms with Gasteiger partial charge in [-0.05, 0) is 12.1 Å². The third kappa shape index (κ3) is 3.93. The molecule has 1 saturated heterocycles. The number of carbonyl (C=O) groups is 2. The number of benzene rings is 1. The Labute approximate surface area is 176 Å². The van der Waals surface area contributed by atoms with Gasteiger partial charge in [-0.25, -0.2) is 0 Å². The van der Waals surface area contributed by atoms with Crippen LogP contribution in [0.15, 0.2) is 18.2 Å². The van der Waals surface area contributed by atoms with Crippen LogP contribution in [-0.2, 0) is 14.3 Å². The molecule has 1 atom stereocenters. The molecule has 2 aliphatic heterocycles. The number of ether oxygens (including phenoxy) is 1.